The van der Waals surface area contributed by atoms with Gasteiger partial charge in [-0.05, 0) is 38.1 Å². The maximum absolute atomic E-state index is 12.6. The van der Waals surface area contributed by atoms with E-state index in [1.165, 1.54) is 0 Å². The molecule has 1 aliphatic heterocycles. The number of para-hydroxylation sites is 1. The molecule has 21 heavy (non-hydrogen) atoms. The summed E-state index contributed by atoms with van der Waals surface area (Å²) in [6.07, 6.45) is 3.98. The summed E-state index contributed by atoms with van der Waals surface area (Å²) in [5, 5.41) is 1.19. The largest absolute Gasteiger partial charge is 0.483 e. The molecule has 4 rings (SSSR count). The first-order valence-electron chi connectivity index (χ1n) is 6.91. The van der Waals surface area contributed by atoms with Gasteiger partial charge in [0.2, 0.25) is 5.43 Å². The molecule has 3 heteroatoms. The highest BCUT2D eigenvalue weighted by molar-refractivity contribution is 5.92. The monoisotopic (exact) mass is 278 g/mol. The molecule has 0 amide bonds. The minimum atomic E-state index is -0.349. The summed E-state index contributed by atoms with van der Waals surface area (Å²) >= 11 is 0. The van der Waals surface area contributed by atoms with Crippen molar-refractivity contribution < 1.29 is 9.15 Å². The van der Waals surface area contributed by atoms with Crippen LogP contribution in [0, 0.1) is 0 Å². The summed E-state index contributed by atoms with van der Waals surface area (Å²) in [6.45, 7) is 3.99. The summed E-state index contributed by atoms with van der Waals surface area (Å²) < 4.78 is 11.8. The normalized spacial score (nSPS) is 15.9. The van der Waals surface area contributed by atoms with Crippen molar-refractivity contribution in [3.05, 3.63) is 58.3 Å². The van der Waals surface area contributed by atoms with Crippen molar-refractivity contribution in [1.82, 2.24) is 0 Å². The first-order valence-corrected chi connectivity index (χ1v) is 6.91. The van der Waals surface area contributed by atoms with Crippen molar-refractivity contribution in [1.29, 1.82) is 0 Å². The Hall–Kier alpha value is -2.55. The zero-order valence-electron chi connectivity index (χ0n) is 11.8. The molecule has 0 fully saturated rings. The van der Waals surface area contributed by atoms with Crippen molar-refractivity contribution in [2.75, 3.05) is 0 Å². The van der Waals surface area contributed by atoms with Crippen LogP contribution >= 0.6 is 0 Å². The first-order chi connectivity index (χ1) is 10.0. The summed E-state index contributed by atoms with van der Waals surface area (Å²) in [7, 11) is 0. The van der Waals surface area contributed by atoms with Gasteiger partial charge in [0.15, 0.2) is 0 Å². The van der Waals surface area contributed by atoms with Crippen molar-refractivity contribution in [3.8, 4) is 5.75 Å². The molecule has 0 spiro atoms. The Morgan fingerprint density at radius 3 is 2.67 bits per heavy atom. The van der Waals surface area contributed by atoms with Gasteiger partial charge in [0.05, 0.1) is 10.8 Å². The van der Waals surface area contributed by atoms with E-state index in [-0.39, 0.29) is 11.0 Å². The van der Waals surface area contributed by atoms with E-state index in [2.05, 4.69) is 0 Å². The molecular formula is C18H14O3. The lowest BCUT2D eigenvalue weighted by atomic mass is 10.0. The van der Waals surface area contributed by atoms with Gasteiger partial charge in [-0.2, -0.15) is 0 Å². The van der Waals surface area contributed by atoms with Crippen LogP contribution in [0.2, 0.25) is 0 Å². The van der Waals surface area contributed by atoms with Crippen LogP contribution in [-0.2, 0) is 0 Å². The average molecular weight is 278 g/mol. The first kappa shape index (κ1) is 12.2. The summed E-state index contributed by atoms with van der Waals surface area (Å²) in [5.41, 5.74) is 1.71. The molecule has 0 saturated heterocycles. The van der Waals surface area contributed by atoms with E-state index >= 15 is 0 Å². The van der Waals surface area contributed by atoms with Gasteiger partial charge in [-0.15, -0.1) is 0 Å². The minimum Gasteiger partial charge on any atom is -0.483 e. The zero-order valence-corrected chi connectivity index (χ0v) is 11.8. The van der Waals surface area contributed by atoms with E-state index in [9.17, 15) is 4.79 Å². The van der Waals surface area contributed by atoms with E-state index < -0.39 is 0 Å². The van der Waals surface area contributed by atoms with Crippen molar-refractivity contribution in [2.24, 2.45) is 0 Å². The summed E-state index contributed by atoms with van der Waals surface area (Å²) in [4.78, 5) is 12.6. The van der Waals surface area contributed by atoms with Crippen LogP contribution < -0.4 is 10.2 Å². The Morgan fingerprint density at radius 2 is 1.81 bits per heavy atom. The minimum absolute atomic E-state index is 0.00659. The molecule has 0 bridgehead atoms. The van der Waals surface area contributed by atoms with Crippen LogP contribution in [0.4, 0.5) is 0 Å². The molecule has 0 saturated carbocycles. The highest BCUT2D eigenvalue weighted by Gasteiger charge is 2.23. The topological polar surface area (TPSA) is 39.4 Å². The van der Waals surface area contributed by atoms with E-state index in [4.69, 9.17) is 9.15 Å². The SMILES string of the molecule is CC1(C)C=Cc2cc3c(=O)c4ccccc4oc3cc2O1. The molecule has 0 N–H and O–H groups in total. The maximum atomic E-state index is 12.6. The van der Waals surface area contributed by atoms with E-state index in [0.717, 1.165) is 11.3 Å². The molecule has 0 radical (unpaired) electrons. The van der Waals surface area contributed by atoms with Crippen molar-refractivity contribution in [2.45, 2.75) is 19.4 Å². The molecule has 2 heterocycles. The molecule has 3 nitrogen and oxygen atoms in total. The molecule has 1 aromatic heterocycles. The van der Waals surface area contributed by atoms with Gasteiger partial charge in [0.25, 0.3) is 0 Å². The lowest BCUT2D eigenvalue weighted by Gasteiger charge is -2.27. The Morgan fingerprint density at radius 1 is 1.00 bits per heavy atom. The Kier molecular flexibility index (Phi) is 2.31. The third kappa shape index (κ3) is 1.85. The fourth-order valence-corrected chi connectivity index (χ4v) is 2.67. The second-order valence-electron chi connectivity index (χ2n) is 5.85. The van der Waals surface area contributed by atoms with Crippen molar-refractivity contribution in [3.63, 3.8) is 0 Å². The number of ether oxygens (including phenoxy) is 1. The predicted molar refractivity (Wildman–Crippen MR) is 83.7 cm³/mol. The molecule has 104 valence electrons. The lowest BCUT2D eigenvalue weighted by molar-refractivity contribution is 0.159. The van der Waals surface area contributed by atoms with Gasteiger partial charge >= 0.3 is 0 Å². The van der Waals surface area contributed by atoms with Gasteiger partial charge < -0.3 is 9.15 Å². The van der Waals surface area contributed by atoms with Crippen LogP contribution in [0.25, 0.3) is 28.0 Å². The van der Waals surface area contributed by atoms with Crippen LogP contribution in [0.3, 0.4) is 0 Å². The highest BCUT2D eigenvalue weighted by atomic mass is 16.5. The molecule has 3 aromatic rings. The maximum Gasteiger partial charge on any atom is 0.200 e. The third-order valence-electron chi connectivity index (χ3n) is 3.75. The zero-order chi connectivity index (χ0) is 14.6. The molecule has 1 aliphatic rings. The van der Waals surface area contributed by atoms with Crippen LogP contribution in [0.1, 0.15) is 19.4 Å². The summed E-state index contributed by atoms with van der Waals surface area (Å²) in [6, 6.07) is 10.9. The molecule has 0 unspecified atom stereocenters. The lowest BCUT2D eigenvalue weighted by Crippen LogP contribution is -2.27. The fraction of sp³-hybridized carbons (Fsp3) is 0.167. The van der Waals surface area contributed by atoms with Gasteiger partial charge in [-0.3, -0.25) is 4.79 Å². The van der Waals surface area contributed by atoms with Gasteiger partial charge in [0.1, 0.15) is 22.5 Å². The smallest absolute Gasteiger partial charge is 0.200 e. The Labute approximate surface area is 121 Å². The number of rotatable bonds is 0. The fourth-order valence-electron chi connectivity index (χ4n) is 2.67. The molecule has 0 aliphatic carbocycles. The standard InChI is InChI=1S/C18H14O3/c1-18(2)8-7-11-9-13-16(10-15(11)21-18)20-14-6-4-3-5-12(14)17(13)19/h3-10H,1-2H3. The number of hydrogen-bond donors (Lipinski definition) is 0. The highest BCUT2D eigenvalue weighted by Crippen LogP contribution is 2.34. The predicted octanol–water partition coefficient (Wildman–Crippen LogP) is 4.13. The second-order valence-corrected chi connectivity index (χ2v) is 5.85. The van der Waals surface area contributed by atoms with Gasteiger partial charge in [-0.25, -0.2) is 0 Å². The number of fused-ring (bicyclic) bond motifs is 3. The number of hydrogen-bond acceptors (Lipinski definition) is 3. The average Bonchev–Trinajstić information content (AvgIpc) is 2.45. The van der Waals surface area contributed by atoms with Crippen LogP contribution in [-0.4, -0.2) is 5.60 Å². The Bertz CT molecular complexity index is 961. The molecule has 0 atom stereocenters. The summed E-state index contributed by atoms with van der Waals surface area (Å²) in [5.74, 6) is 0.744. The van der Waals surface area contributed by atoms with Gasteiger partial charge in [0, 0.05) is 11.6 Å². The van der Waals surface area contributed by atoms with Crippen LogP contribution in [0.15, 0.2) is 51.7 Å². The second kappa shape index (κ2) is 3.98. The molecular weight excluding hydrogens is 264 g/mol. The van der Waals surface area contributed by atoms with E-state index in [0.29, 0.717) is 21.9 Å². The van der Waals surface area contributed by atoms with Crippen LogP contribution in [0.5, 0.6) is 5.75 Å². The van der Waals surface area contributed by atoms with Gasteiger partial charge in [-0.1, -0.05) is 18.2 Å². The van der Waals surface area contributed by atoms with E-state index in [1.807, 2.05) is 50.3 Å². The van der Waals surface area contributed by atoms with Crippen molar-refractivity contribution >= 4 is 28.0 Å². The van der Waals surface area contributed by atoms with E-state index in [1.54, 1.807) is 12.1 Å². The quantitative estimate of drug-likeness (QED) is 0.580. The third-order valence-corrected chi connectivity index (χ3v) is 3.75. The number of benzene rings is 2. The molecule has 2 aromatic carbocycles. The Balaban J connectivity index is 2.09.